The van der Waals surface area contributed by atoms with E-state index < -0.39 is 10.0 Å². The zero-order valence-corrected chi connectivity index (χ0v) is 13.3. The van der Waals surface area contributed by atoms with Gasteiger partial charge >= 0.3 is 0 Å². The zero-order chi connectivity index (χ0) is 14.8. The molecule has 20 heavy (non-hydrogen) atoms. The highest BCUT2D eigenvalue weighted by atomic mass is 35.5. The van der Waals surface area contributed by atoms with Crippen LogP contribution >= 0.6 is 23.8 Å². The highest BCUT2D eigenvalue weighted by molar-refractivity contribution is 7.89. The van der Waals surface area contributed by atoms with Crippen molar-refractivity contribution in [2.75, 3.05) is 6.54 Å². The van der Waals surface area contributed by atoms with Gasteiger partial charge in [-0.2, -0.15) is 4.31 Å². The molecule has 110 valence electrons. The van der Waals surface area contributed by atoms with Crippen LogP contribution in [0.25, 0.3) is 0 Å². The fraction of sp³-hybridized carbons (Fsp3) is 0.462. The van der Waals surface area contributed by atoms with Gasteiger partial charge in [-0.05, 0) is 25.0 Å². The lowest BCUT2D eigenvalue weighted by molar-refractivity contribution is 0.355. The second-order valence-corrected chi connectivity index (χ2v) is 7.68. The first kappa shape index (κ1) is 15.7. The molecular formula is C13H17ClN2O2S2. The molecule has 2 rings (SSSR count). The van der Waals surface area contributed by atoms with Crippen LogP contribution in [-0.2, 0) is 10.0 Å². The SMILES string of the molecule is NC(=S)CN(C1CCCC1)S(=O)(=O)c1ccccc1Cl. The van der Waals surface area contributed by atoms with E-state index in [0.717, 1.165) is 25.7 Å². The number of rotatable bonds is 5. The minimum atomic E-state index is -3.68. The lowest BCUT2D eigenvalue weighted by atomic mass is 10.2. The standard InChI is InChI=1S/C13H17ClN2O2S2/c14-11-7-3-4-8-12(11)20(17,18)16(9-13(15)19)10-5-1-2-6-10/h3-4,7-8,10H,1-2,5-6,9H2,(H2,15,19). The molecule has 0 unspecified atom stereocenters. The summed E-state index contributed by atoms with van der Waals surface area (Å²) in [5.41, 5.74) is 5.57. The van der Waals surface area contributed by atoms with Gasteiger partial charge in [0.05, 0.1) is 16.6 Å². The zero-order valence-electron chi connectivity index (χ0n) is 11.0. The van der Waals surface area contributed by atoms with Gasteiger partial charge in [0.15, 0.2) is 0 Å². The van der Waals surface area contributed by atoms with Gasteiger partial charge in [0.1, 0.15) is 4.90 Å². The highest BCUT2D eigenvalue weighted by Gasteiger charge is 2.34. The molecule has 1 aliphatic carbocycles. The van der Waals surface area contributed by atoms with Crippen molar-refractivity contribution in [1.82, 2.24) is 4.31 Å². The third-order valence-electron chi connectivity index (χ3n) is 3.47. The van der Waals surface area contributed by atoms with Gasteiger partial charge in [0.25, 0.3) is 0 Å². The van der Waals surface area contributed by atoms with Gasteiger partial charge < -0.3 is 5.73 Å². The summed E-state index contributed by atoms with van der Waals surface area (Å²) in [6, 6.07) is 6.40. The van der Waals surface area contributed by atoms with Crippen molar-refractivity contribution >= 4 is 38.8 Å². The molecule has 2 N–H and O–H groups in total. The van der Waals surface area contributed by atoms with E-state index in [4.69, 9.17) is 29.6 Å². The second kappa shape index (κ2) is 6.39. The molecule has 7 heteroatoms. The molecule has 4 nitrogen and oxygen atoms in total. The van der Waals surface area contributed by atoms with Crippen LogP contribution in [0.5, 0.6) is 0 Å². The van der Waals surface area contributed by atoms with Crippen molar-refractivity contribution in [1.29, 1.82) is 0 Å². The van der Waals surface area contributed by atoms with Crippen molar-refractivity contribution in [2.45, 2.75) is 36.6 Å². The maximum absolute atomic E-state index is 12.8. The van der Waals surface area contributed by atoms with Crippen molar-refractivity contribution in [2.24, 2.45) is 5.73 Å². The Morgan fingerprint density at radius 1 is 1.35 bits per heavy atom. The number of nitrogens with zero attached hydrogens (tertiary/aromatic N) is 1. The number of sulfonamides is 1. The minimum absolute atomic E-state index is 0.0437. The Bertz CT molecular complexity index is 598. The van der Waals surface area contributed by atoms with Crippen LogP contribution in [0.15, 0.2) is 29.2 Å². The van der Waals surface area contributed by atoms with Gasteiger partial charge in [-0.15, -0.1) is 0 Å². The van der Waals surface area contributed by atoms with Gasteiger partial charge in [-0.3, -0.25) is 0 Å². The van der Waals surface area contributed by atoms with Gasteiger partial charge in [-0.1, -0.05) is 48.8 Å². The Balaban J connectivity index is 2.41. The number of halogens is 1. The predicted molar refractivity (Wildman–Crippen MR) is 84.4 cm³/mol. The normalized spacial score (nSPS) is 16.7. The molecule has 0 spiro atoms. The molecule has 1 aliphatic rings. The largest absolute Gasteiger partial charge is 0.392 e. The Morgan fingerprint density at radius 3 is 2.50 bits per heavy atom. The maximum Gasteiger partial charge on any atom is 0.245 e. The smallest absolute Gasteiger partial charge is 0.245 e. The molecule has 0 bridgehead atoms. The molecule has 0 heterocycles. The summed E-state index contributed by atoms with van der Waals surface area (Å²) in [6.45, 7) is 0.0631. The first-order chi connectivity index (χ1) is 9.43. The maximum atomic E-state index is 12.8. The molecule has 0 amide bonds. The van der Waals surface area contributed by atoms with Crippen LogP contribution in [-0.4, -0.2) is 30.3 Å². The van der Waals surface area contributed by atoms with Crippen LogP contribution in [0.1, 0.15) is 25.7 Å². The number of nitrogens with two attached hydrogens (primary N) is 1. The summed E-state index contributed by atoms with van der Waals surface area (Å²) in [7, 11) is -3.68. The summed E-state index contributed by atoms with van der Waals surface area (Å²) < 4.78 is 27.0. The van der Waals surface area contributed by atoms with E-state index in [2.05, 4.69) is 0 Å². The minimum Gasteiger partial charge on any atom is -0.392 e. The summed E-state index contributed by atoms with van der Waals surface area (Å²) in [5.74, 6) is 0. The topological polar surface area (TPSA) is 63.4 Å². The van der Waals surface area contributed by atoms with Crippen LogP contribution in [0.4, 0.5) is 0 Å². The van der Waals surface area contributed by atoms with E-state index >= 15 is 0 Å². The molecule has 0 saturated heterocycles. The van der Waals surface area contributed by atoms with E-state index in [1.54, 1.807) is 18.2 Å². The van der Waals surface area contributed by atoms with Crippen molar-refractivity contribution in [3.8, 4) is 0 Å². The molecule has 0 atom stereocenters. The quantitative estimate of drug-likeness (QED) is 0.842. The number of thiocarbonyl (C=S) groups is 1. The number of benzene rings is 1. The molecule has 1 saturated carbocycles. The molecule has 1 aromatic carbocycles. The van der Waals surface area contributed by atoms with Crippen LogP contribution in [0, 0.1) is 0 Å². The summed E-state index contributed by atoms with van der Waals surface area (Å²) >= 11 is 10.9. The van der Waals surface area contributed by atoms with Gasteiger partial charge in [0.2, 0.25) is 10.0 Å². The van der Waals surface area contributed by atoms with Crippen molar-refractivity contribution < 1.29 is 8.42 Å². The molecule has 1 aromatic rings. The molecule has 0 aromatic heterocycles. The van der Waals surface area contributed by atoms with Crippen LogP contribution in [0.3, 0.4) is 0 Å². The Kier molecular flexibility index (Phi) is 5.01. The average molecular weight is 333 g/mol. The van der Waals surface area contributed by atoms with E-state index in [1.807, 2.05) is 0 Å². The van der Waals surface area contributed by atoms with E-state index in [0.29, 0.717) is 0 Å². The first-order valence-corrected chi connectivity index (χ1v) is 8.70. The summed E-state index contributed by atoms with van der Waals surface area (Å²) in [5, 5.41) is 0.221. The summed E-state index contributed by atoms with van der Waals surface area (Å²) in [4.78, 5) is 0.289. The third kappa shape index (κ3) is 3.31. The van der Waals surface area contributed by atoms with Crippen LogP contribution < -0.4 is 5.73 Å². The second-order valence-electron chi connectivity index (χ2n) is 4.89. The monoisotopic (exact) mass is 332 g/mol. The Labute approximate surface area is 130 Å². The first-order valence-electron chi connectivity index (χ1n) is 6.47. The van der Waals surface area contributed by atoms with Gasteiger partial charge in [-0.25, -0.2) is 8.42 Å². The number of hydrogen-bond donors (Lipinski definition) is 1. The van der Waals surface area contributed by atoms with Crippen molar-refractivity contribution in [3.05, 3.63) is 29.3 Å². The van der Waals surface area contributed by atoms with Gasteiger partial charge in [0, 0.05) is 6.04 Å². The fourth-order valence-corrected chi connectivity index (χ4v) is 4.92. The molecule has 1 fully saturated rings. The van der Waals surface area contributed by atoms with E-state index in [1.165, 1.54) is 10.4 Å². The number of hydrogen-bond acceptors (Lipinski definition) is 3. The molecular weight excluding hydrogens is 316 g/mol. The van der Waals surface area contributed by atoms with E-state index in [9.17, 15) is 8.42 Å². The Hall–Kier alpha value is -0.690. The average Bonchev–Trinajstić information content (AvgIpc) is 2.89. The van der Waals surface area contributed by atoms with Crippen molar-refractivity contribution in [3.63, 3.8) is 0 Å². The predicted octanol–water partition coefficient (Wildman–Crippen LogP) is 2.56. The Morgan fingerprint density at radius 2 is 1.95 bits per heavy atom. The molecule has 0 radical (unpaired) electrons. The van der Waals surface area contributed by atoms with Crippen LogP contribution in [0.2, 0.25) is 5.02 Å². The fourth-order valence-electron chi connectivity index (χ4n) is 2.54. The lowest BCUT2D eigenvalue weighted by Gasteiger charge is -2.27. The van der Waals surface area contributed by atoms with E-state index in [-0.39, 0.29) is 27.5 Å². The lowest BCUT2D eigenvalue weighted by Crippen LogP contribution is -2.43. The highest BCUT2D eigenvalue weighted by Crippen LogP contribution is 2.31. The molecule has 0 aliphatic heterocycles. The third-order valence-corrected chi connectivity index (χ3v) is 5.99. The summed E-state index contributed by atoms with van der Waals surface area (Å²) in [6.07, 6.45) is 3.73.